The number of amides is 1. The number of likely N-dealkylation sites (tertiary alicyclic amines) is 1. The Labute approximate surface area is 166 Å². The molecule has 1 aliphatic rings. The molecule has 0 bridgehead atoms. The van der Waals surface area contributed by atoms with Gasteiger partial charge in [-0.15, -0.1) is 0 Å². The number of hydrogen-bond acceptors (Lipinski definition) is 5. The summed E-state index contributed by atoms with van der Waals surface area (Å²) in [6.07, 6.45) is 6.93. The van der Waals surface area contributed by atoms with Crippen LogP contribution < -0.4 is 10.6 Å². The van der Waals surface area contributed by atoms with Gasteiger partial charge in [-0.1, -0.05) is 0 Å². The van der Waals surface area contributed by atoms with Crippen molar-refractivity contribution >= 4 is 23.6 Å². The van der Waals surface area contributed by atoms with Gasteiger partial charge in [0.15, 0.2) is 5.96 Å². The van der Waals surface area contributed by atoms with E-state index >= 15 is 0 Å². The third kappa shape index (κ3) is 8.26. The molecule has 27 heavy (non-hydrogen) atoms. The van der Waals surface area contributed by atoms with E-state index in [-0.39, 0.29) is 5.91 Å². The van der Waals surface area contributed by atoms with Crippen LogP contribution >= 0.6 is 11.8 Å². The zero-order valence-corrected chi connectivity index (χ0v) is 17.2. The number of piperidine rings is 1. The lowest BCUT2D eigenvalue weighted by Gasteiger charge is -2.33. The maximum atomic E-state index is 12.1. The summed E-state index contributed by atoms with van der Waals surface area (Å²) in [6.45, 7) is 3.61. The zero-order chi connectivity index (χ0) is 19.3. The van der Waals surface area contributed by atoms with Crippen molar-refractivity contribution in [1.82, 2.24) is 15.5 Å². The van der Waals surface area contributed by atoms with Crippen LogP contribution in [0.3, 0.4) is 0 Å². The van der Waals surface area contributed by atoms with Crippen molar-refractivity contribution in [3.05, 3.63) is 24.2 Å². The highest BCUT2D eigenvalue weighted by Crippen LogP contribution is 2.11. The molecule has 8 heteroatoms. The summed E-state index contributed by atoms with van der Waals surface area (Å²) in [5.41, 5.74) is 0. The number of guanidine groups is 1. The summed E-state index contributed by atoms with van der Waals surface area (Å²) < 4.78 is 10.4. The van der Waals surface area contributed by atoms with Crippen LogP contribution in [-0.4, -0.2) is 74.7 Å². The average molecular weight is 397 g/mol. The van der Waals surface area contributed by atoms with E-state index in [2.05, 4.69) is 21.9 Å². The molecule has 1 saturated heterocycles. The van der Waals surface area contributed by atoms with Crippen LogP contribution in [0.1, 0.15) is 25.0 Å². The second-order valence-electron chi connectivity index (χ2n) is 6.52. The fraction of sp³-hybridized carbons (Fsp3) is 0.684. The van der Waals surface area contributed by atoms with Crippen molar-refractivity contribution in [3.8, 4) is 0 Å². The first-order valence-corrected chi connectivity index (χ1v) is 10.9. The first-order chi connectivity index (χ1) is 13.2. The molecule has 2 N–H and O–H groups in total. The largest absolute Gasteiger partial charge is 0.469 e. The Morgan fingerprint density at radius 3 is 2.93 bits per heavy atom. The van der Waals surface area contributed by atoms with Gasteiger partial charge in [0, 0.05) is 45.0 Å². The number of nitrogens with zero attached hydrogens (tertiary/aromatic N) is 2. The van der Waals surface area contributed by atoms with Gasteiger partial charge in [0.25, 0.3) is 0 Å². The van der Waals surface area contributed by atoms with Gasteiger partial charge in [0.2, 0.25) is 5.91 Å². The van der Waals surface area contributed by atoms with E-state index in [1.54, 1.807) is 25.1 Å². The first kappa shape index (κ1) is 21.6. The van der Waals surface area contributed by atoms with E-state index in [0.29, 0.717) is 19.1 Å². The van der Waals surface area contributed by atoms with Gasteiger partial charge in [-0.3, -0.25) is 9.79 Å². The van der Waals surface area contributed by atoms with Gasteiger partial charge in [0.05, 0.1) is 25.8 Å². The standard InChI is InChI=1S/C19H32N4O3S/c1-25-14-8-18(24)23-11-6-16(7-12-23)22-19(21-10-15-27-2)20-9-5-17-4-3-13-26-17/h3-4,13,16H,5-12,14-15H2,1-2H3,(H2,20,21,22). The van der Waals surface area contributed by atoms with E-state index in [9.17, 15) is 4.79 Å². The molecule has 7 nitrogen and oxygen atoms in total. The highest BCUT2D eigenvalue weighted by molar-refractivity contribution is 7.98. The number of ether oxygens (including phenoxy) is 1. The fourth-order valence-electron chi connectivity index (χ4n) is 2.97. The van der Waals surface area contributed by atoms with Gasteiger partial charge >= 0.3 is 0 Å². The minimum atomic E-state index is 0.181. The molecule has 0 aromatic carbocycles. The van der Waals surface area contributed by atoms with Crippen molar-refractivity contribution in [2.45, 2.75) is 31.7 Å². The normalized spacial score (nSPS) is 15.8. The van der Waals surface area contributed by atoms with Crippen molar-refractivity contribution in [3.63, 3.8) is 0 Å². The van der Waals surface area contributed by atoms with Crippen LogP contribution in [0.5, 0.6) is 0 Å². The fourth-order valence-corrected chi connectivity index (χ4v) is 3.25. The van der Waals surface area contributed by atoms with E-state index in [4.69, 9.17) is 9.15 Å². The van der Waals surface area contributed by atoms with Gasteiger partial charge < -0.3 is 24.7 Å². The van der Waals surface area contributed by atoms with Crippen LogP contribution in [-0.2, 0) is 16.0 Å². The number of carbonyl (C=O) groups is 1. The number of thioether (sulfide) groups is 1. The molecule has 1 fully saturated rings. The molecule has 152 valence electrons. The number of hydrogen-bond donors (Lipinski definition) is 2. The molecule has 0 unspecified atom stereocenters. The molecule has 2 rings (SSSR count). The number of nitrogens with one attached hydrogen (secondary N) is 2. The number of carbonyl (C=O) groups excluding carboxylic acids is 1. The third-order valence-corrected chi connectivity index (χ3v) is 5.11. The van der Waals surface area contributed by atoms with Gasteiger partial charge in [0.1, 0.15) is 5.76 Å². The van der Waals surface area contributed by atoms with Crippen molar-refractivity contribution in [2.75, 3.05) is 51.9 Å². The molecular formula is C19H32N4O3S. The Morgan fingerprint density at radius 1 is 1.44 bits per heavy atom. The smallest absolute Gasteiger partial charge is 0.224 e. The van der Waals surface area contributed by atoms with Crippen LogP contribution in [0.4, 0.5) is 0 Å². The van der Waals surface area contributed by atoms with Crippen molar-refractivity contribution < 1.29 is 13.9 Å². The number of aliphatic imine (C=N–C) groups is 1. The topological polar surface area (TPSA) is 79.1 Å². The average Bonchev–Trinajstić information content (AvgIpc) is 3.20. The Hall–Kier alpha value is -1.67. The molecular weight excluding hydrogens is 364 g/mol. The van der Waals surface area contributed by atoms with E-state index in [1.165, 1.54) is 0 Å². The summed E-state index contributed by atoms with van der Waals surface area (Å²) in [5.74, 6) is 2.99. The maximum Gasteiger partial charge on any atom is 0.224 e. The molecule has 0 radical (unpaired) electrons. The Bertz CT molecular complexity index is 557. The highest BCUT2D eigenvalue weighted by Gasteiger charge is 2.23. The summed E-state index contributed by atoms with van der Waals surface area (Å²) in [6, 6.07) is 4.22. The van der Waals surface area contributed by atoms with Crippen LogP contribution in [0.2, 0.25) is 0 Å². The molecule has 0 spiro atoms. The predicted molar refractivity (Wildman–Crippen MR) is 110 cm³/mol. The third-order valence-electron chi connectivity index (χ3n) is 4.52. The number of methoxy groups -OCH3 is 1. The van der Waals surface area contributed by atoms with E-state index < -0.39 is 0 Å². The second-order valence-corrected chi connectivity index (χ2v) is 7.51. The molecule has 0 atom stereocenters. The summed E-state index contributed by atoms with van der Waals surface area (Å²) in [4.78, 5) is 18.7. The van der Waals surface area contributed by atoms with Crippen LogP contribution in [0.15, 0.2) is 27.8 Å². The Kier molecular flexibility index (Phi) is 10.1. The number of rotatable bonds is 10. The van der Waals surface area contributed by atoms with Crippen LogP contribution in [0.25, 0.3) is 0 Å². The molecule has 0 aliphatic carbocycles. The lowest BCUT2D eigenvalue weighted by molar-refractivity contribution is -0.133. The summed E-state index contributed by atoms with van der Waals surface area (Å²) in [5, 5.41) is 6.93. The molecule has 1 aromatic heterocycles. The monoisotopic (exact) mass is 396 g/mol. The van der Waals surface area contributed by atoms with Gasteiger partial charge in [-0.05, 0) is 31.2 Å². The lowest BCUT2D eigenvalue weighted by Crippen LogP contribution is -2.50. The second kappa shape index (κ2) is 12.7. The summed E-state index contributed by atoms with van der Waals surface area (Å²) in [7, 11) is 1.63. The van der Waals surface area contributed by atoms with Crippen molar-refractivity contribution in [1.29, 1.82) is 0 Å². The maximum absolute atomic E-state index is 12.1. The van der Waals surface area contributed by atoms with E-state index in [0.717, 1.165) is 62.9 Å². The zero-order valence-electron chi connectivity index (χ0n) is 16.4. The SMILES string of the molecule is COCCC(=O)N1CCC(NC(=NCCSC)NCCc2ccco2)CC1. The Balaban J connectivity index is 1.76. The number of furan rings is 1. The van der Waals surface area contributed by atoms with Crippen molar-refractivity contribution in [2.24, 2.45) is 4.99 Å². The minimum absolute atomic E-state index is 0.181. The lowest BCUT2D eigenvalue weighted by atomic mass is 10.0. The Morgan fingerprint density at radius 2 is 2.26 bits per heavy atom. The highest BCUT2D eigenvalue weighted by atomic mass is 32.2. The van der Waals surface area contributed by atoms with Gasteiger partial charge in [-0.25, -0.2) is 0 Å². The van der Waals surface area contributed by atoms with Crippen LogP contribution in [0, 0.1) is 0 Å². The molecule has 1 amide bonds. The van der Waals surface area contributed by atoms with Gasteiger partial charge in [-0.2, -0.15) is 11.8 Å². The molecule has 0 saturated carbocycles. The molecule has 1 aliphatic heterocycles. The predicted octanol–water partition coefficient (Wildman–Crippen LogP) is 1.75. The molecule has 1 aromatic rings. The summed E-state index contributed by atoms with van der Waals surface area (Å²) >= 11 is 1.79. The quantitative estimate of drug-likeness (QED) is 0.356. The first-order valence-electron chi connectivity index (χ1n) is 9.55. The van der Waals surface area contributed by atoms with E-state index in [1.807, 2.05) is 17.0 Å². The minimum Gasteiger partial charge on any atom is -0.469 e. The molecule has 2 heterocycles.